The van der Waals surface area contributed by atoms with Crippen LogP contribution in [0.4, 0.5) is 0 Å². The number of thiophene rings is 1. The molecule has 0 unspecified atom stereocenters. The van der Waals surface area contributed by atoms with E-state index < -0.39 is 6.04 Å². The van der Waals surface area contributed by atoms with Gasteiger partial charge in [-0.05, 0) is 31.2 Å². The third-order valence-corrected chi connectivity index (χ3v) is 5.89. The van der Waals surface area contributed by atoms with Crippen LogP contribution in [-0.4, -0.2) is 66.8 Å². The Labute approximate surface area is 175 Å². The molecule has 1 aromatic heterocycles. The number of carbonyl (C=O) groups is 4. The molecule has 29 heavy (non-hydrogen) atoms. The number of likely N-dealkylation sites (tertiary alicyclic amines) is 1. The van der Waals surface area contributed by atoms with Gasteiger partial charge in [0.15, 0.2) is 0 Å². The second-order valence-corrected chi connectivity index (χ2v) is 8.11. The standard InChI is InChI=1S/C20H29N3O5S/c1-4-28-20(27)15-7-9-23(10-8-15)19(26)13-22(3)18(25)12-16(21-14(2)24)17-6-5-11-29-17/h5-6,11,15-16H,4,7-10,12-13H2,1-3H3,(H,21,24)/t16-/m1/s1. The van der Waals surface area contributed by atoms with Gasteiger partial charge in [-0.15, -0.1) is 11.3 Å². The Kier molecular flexibility index (Phi) is 8.63. The van der Waals surface area contributed by atoms with E-state index in [0.717, 1.165) is 4.88 Å². The van der Waals surface area contributed by atoms with Crippen molar-refractivity contribution in [2.24, 2.45) is 5.92 Å². The Balaban J connectivity index is 1.84. The van der Waals surface area contributed by atoms with Crippen molar-refractivity contribution >= 4 is 35.0 Å². The number of hydrogen-bond acceptors (Lipinski definition) is 6. The summed E-state index contributed by atoms with van der Waals surface area (Å²) in [4.78, 5) is 52.4. The predicted octanol–water partition coefficient (Wildman–Crippen LogP) is 1.58. The number of nitrogens with zero attached hydrogens (tertiary/aromatic N) is 2. The Bertz CT molecular complexity index is 714. The molecule has 9 heteroatoms. The van der Waals surface area contributed by atoms with Gasteiger partial charge in [-0.3, -0.25) is 19.2 Å². The minimum Gasteiger partial charge on any atom is -0.466 e. The highest BCUT2D eigenvalue weighted by atomic mass is 32.1. The van der Waals surface area contributed by atoms with Crippen molar-refractivity contribution in [3.8, 4) is 0 Å². The van der Waals surface area contributed by atoms with Gasteiger partial charge in [0.1, 0.15) is 0 Å². The van der Waals surface area contributed by atoms with E-state index in [-0.39, 0.29) is 42.6 Å². The van der Waals surface area contributed by atoms with Crippen LogP contribution >= 0.6 is 11.3 Å². The molecule has 1 aromatic rings. The van der Waals surface area contributed by atoms with Gasteiger partial charge in [0.05, 0.1) is 31.5 Å². The number of amides is 3. The topological polar surface area (TPSA) is 96.0 Å². The van der Waals surface area contributed by atoms with Gasteiger partial charge in [0.2, 0.25) is 17.7 Å². The lowest BCUT2D eigenvalue weighted by Gasteiger charge is -2.32. The van der Waals surface area contributed by atoms with E-state index in [9.17, 15) is 19.2 Å². The Hall–Kier alpha value is -2.42. The van der Waals surface area contributed by atoms with Gasteiger partial charge in [-0.2, -0.15) is 0 Å². The lowest BCUT2D eigenvalue weighted by Crippen LogP contribution is -2.46. The highest BCUT2D eigenvalue weighted by Crippen LogP contribution is 2.23. The molecular weight excluding hydrogens is 394 g/mol. The normalized spacial score (nSPS) is 15.5. The van der Waals surface area contributed by atoms with Gasteiger partial charge in [-0.25, -0.2) is 0 Å². The summed E-state index contributed by atoms with van der Waals surface area (Å²) in [6, 6.07) is 3.34. The molecule has 2 heterocycles. The van der Waals surface area contributed by atoms with E-state index in [4.69, 9.17) is 4.74 Å². The quantitative estimate of drug-likeness (QED) is 0.641. The molecule has 1 aliphatic heterocycles. The molecule has 2 rings (SSSR count). The van der Waals surface area contributed by atoms with Gasteiger partial charge >= 0.3 is 5.97 Å². The summed E-state index contributed by atoms with van der Waals surface area (Å²) in [6.45, 7) is 4.48. The summed E-state index contributed by atoms with van der Waals surface area (Å²) >= 11 is 1.47. The summed E-state index contributed by atoms with van der Waals surface area (Å²) in [7, 11) is 1.59. The molecule has 0 spiro atoms. The van der Waals surface area contributed by atoms with Crippen molar-refractivity contribution < 1.29 is 23.9 Å². The number of carbonyl (C=O) groups excluding carboxylic acids is 4. The van der Waals surface area contributed by atoms with Gasteiger partial charge < -0.3 is 19.9 Å². The number of nitrogens with one attached hydrogen (secondary N) is 1. The fourth-order valence-electron chi connectivity index (χ4n) is 3.30. The van der Waals surface area contributed by atoms with Crippen molar-refractivity contribution in [2.75, 3.05) is 33.3 Å². The van der Waals surface area contributed by atoms with Crippen LogP contribution in [0.1, 0.15) is 44.0 Å². The maximum absolute atomic E-state index is 12.6. The Morgan fingerprint density at radius 1 is 1.31 bits per heavy atom. The summed E-state index contributed by atoms with van der Waals surface area (Å²) in [5, 5.41) is 4.69. The molecule has 160 valence electrons. The van der Waals surface area contributed by atoms with Crippen LogP contribution in [0.5, 0.6) is 0 Å². The molecule has 1 N–H and O–H groups in total. The van der Waals surface area contributed by atoms with Crippen LogP contribution in [0.3, 0.4) is 0 Å². The fourth-order valence-corrected chi connectivity index (χ4v) is 4.08. The summed E-state index contributed by atoms with van der Waals surface area (Å²) in [6.07, 6.45) is 1.24. The number of hydrogen-bond donors (Lipinski definition) is 1. The third-order valence-electron chi connectivity index (χ3n) is 4.91. The maximum Gasteiger partial charge on any atom is 0.309 e. The number of ether oxygens (including phenoxy) is 1. The Morgan fingerprint density at radius 3 is 2.55 bits per heavy atom. The molecule has 1 aliphatic rings. The minimum atomic E-state index is -0.405. The van der Waals surface area contributed by atoms with Crippen molar-refractivity contribution in [3.63, 3.8) is 0 Å². The zero-order valence-corrected chi connectivity index (χ0v) is 18.0. The first-order valence-electron chi connectivity index (χ1n) is 9.80. The lowest BCUT2D eigenvalue weighted by molar-refractivity contribution is -0.151. The van der Waals surface area contributed by atoms with Crippen LogP contribution in [-0.2, 0) is 23.9 Å². The molecule has 0 aromatic carbocycles. The molecule has 3 amide bonds. The zero-order valence-electron chi connectivity index (χ0n) is 17.2. The number of esters is 1. The minimum absolute atomic E-state index is 0.0276. The molecule has 1 saturated heterocycles. The van der Waals surface area contributed by atoms with Crippen LogP contribution in [0.15, 0.2) is 17.5 Å². The molecule has 0 saturated carbocycles. The molecule has 8 nitrogen and oxygen atoms in total. The van der Waals surface area contributed by atoms with Crippen LogP contribution in [0.25, 0.3) is 0 Å². The molecule has 1 fully saturated rings. The molecular formula is C20H29N3O5S. The van der Waals surface area contributed by atoms with Crippen molar-refractivity contribution in [1.29, 1.82) is 0 Å². The van der Waals surface area contributed by atoms with E-state index in [1.54, 1.807) is 18.9 Å². The SMILES string of the molecule is CCOC(=O)C1CCN(C(=O)CN(C)C(=O)C[C@@H](NC(C)=O)c2cccs2)CC1. The number of rotatable bonds is 8. The van der Waals surface area contributed by atoms with Gasteiger partial charge in [-0.1, -0.05) is 6.07 Å². The monoisotopic (exact) mass is 423 g/mol. The fraction of sp³-hybridized carbons (Fsp3) is 0.600. The Morgan fingerprint density at radius 2 is 2.00 bits per heavy atom. The van der Waals surface area contributed by atoms with E-state index in [0.29, 0.717) is 32.5 Å². The lowest BCUT2D eigenvalue weighted by atomic mass is 9.97. The largest absolute Gasteiger partial charge is 0.466 e. The van der Waals surface area contributed by atoms with Crippen LogP contribution in [0.2, 0.25) is 0 Å². The van der Waals surface area contributed by atoms with Crippen LogP contribution < -0.4 is 5.32 Å². The summed E-state index contributed by atoms with van der Waals surface area (Å²) in [5.74, 6) is -0.936. The number of likely N-dealkylation sites (N-methyl/N-ethyl adjacent to an activating group) is 1. The smallest absolute Gasteiger partial charge is 0.309 e. The predicted molar refractivity (Wildman–Crippen MR) is 109 cm³/mol. The van der Waals surface area contributed by atoms with E-state index in [1.807, 2.05) is 17.5 Å². The zero-order chi connectivity index (χ0) is 21.4. The molecule has 1 atom stereocenters. The van der Waals surface area contributed by atoms with Crippen molar-refractivity contribution in [1.82, 2.24) is 15.1 Å². The van der Waals surface area contributed by atoms with Gasteiger partial charge in [0, 0.05) is 31.9 Å². The first-order chi connectivity index (χ1) is 13.8. The second-order valence-electron chi connectivity index (χ2n) is 7.13. The van der Waals surface area contributed by atoms with Crippen LogP contribution in [0, 0.1) is 5.92 Å². The average molecular weight is 424 g/mol. The molecule has 0 radical (unpaired) electrons. The highest BCUT2D eigenvalue weighted by Gasteiger charge is 2.29. The van der Waals surface area contributed by atoms with Crippen molar-refractivity contribution in [3.05, 3.63) is 22.4 Å². The average Bonchev–Trinajstić information content (AvgIpc) is 3.22. The van der Waals surface area contributed by atoms with E-state index >= 15 is 0 Å². The maximum atomic E-state index is 12.6. The summed E-state index contributed by atoms with van der Waals surface area (Å²) < 4.78 is 5.04. The summed E-state index contributed by atoms with van der Waals surface area (Å²) in [5.41, 5.74) is 0. The third kappa shape index (κ3) is 6.85. The second kappa shape index (κ2) is 10.9. The van der Waals surface area contributed by atoms with Gasteiger partial charge in [0.25, 0.3) is 0 Å². The molecule has 0 bridgehead atoms. The first kappa shape index (κ1) is 22.9. The van der Waals surface area contributed by atoms with E-state index in [2.05, 4.69) is 5.32 Å². The molecule has 0 aliphatic carbocycles. The highest BCUT2D eigenvalue weighted by molar-refractivity contribution is 7.10. The van der Waals surface area contributed by atoms with E-state index in [1.165, 1.54) is 23.2 Å². The first-order valence-corrected chi connectivity index (χ1v) is 10.7. The van der Waals surface area contributed by atoms with Crippen molar-refractivity contribution in [2.45, 2.75) is 39.2 Å². The number of piperidine rings is 1.